The lowest BCUT2D eigenvalue weighted by molar-refractivity contribution is 0.101. The van der Waals surface area contributed by atoms with Crippen LogP contribution in [0.2, 0.25) is 0 Å². The van der Waals surface area contributed by atoms with Gasteiger partial charge < -0.3 is 9.13 Å². The maximum atomic E-state index is 12.0. The van der Waals surface area contributed by atoms with E-state index in [4.69, 9.17) is 5.26 Å². The number of hydrogen-bond donors (Lipinski definition) is 0. The van der Waals surface area contributed by atoms with Crippen LogP contribution in [0.25, 0.3) is 11.8 Å². The van der Waals surface area contributed by atoms with Gasteiger partial charge in [0.15, 0.2) is 5.78 Å². The van der Waals surface area contributed by atoms with Gasteiger partial charge >= 0.3 is 0 Å². The van der Waals surface area contributed by atoms with Gasteiger partial charge in [0.1, 0.15) is 5.82 Å². The highest BCUT2D eigenvalue weighted by Gasteiger charge is 2.14. The lowest BCUT2D eigenvalue weighted by Gasteiger charge is -2.10. The summed E-state index contributed by atoms with van der Waals surface area (Å²) in [5.74, 6) is 0.993. The smallest absolute Gasteiger partial charge is 0.161 e. The van der Waals surface area contributed by atoms with Crippen LogP contribution in [0.1, 0.15) is 40.1 Å². The lowest BCUT2D eigenvalue weighted by atomic mass is 10.2. The molecular weight excluding hydrogens is 324 g/mol. The Kier molecular flexibility index (Phi) is 4.85. The van der Waals surface area contributed by atoms with Gasteiger partial charge in [0.25, 0.3) is 0 Å². The van der Waals surface area contributed by atoms with Crippen molar-refractivity contribution in [3.63, 3.8) is 0 Å². The number of carbonyl (C=O) groups is 1. The van der Waals surface area contributed by atoms with E-state index >= 15 is 0 Å². The van der Waals surface area contributed by atoms with Crippen molar-refractivity contribution in [2.45, 2.75) is 27.3 Å². The summed E-state index contributed by atoms with van der Waals surface area (Å²) in [5, 5.41) is 8.99. The summed E-state index contributed by atoms with van der Waals surface area (Å²) >= 11 is 0. The molecule has 0 aliphatic carbocycles. The van der Waals surface area contributed by atoms with Crippen molar-refractivity contribution >= 4 is 11.9 Å². The number of nitriles is 1. The van der Waals surface area contributed by atoms with Gasteiger partial charge in [-0.15, -0.1) is 0 Å². The van der Waals surface area contributed by atoms with E-state index in [1.54, 1.807) is 25.3 Å². The van der Waals surface area contributed by atoms with Crippen LogP contribution in [0.5, 0.6) is 0 Å². The summed E-state index contributed by atoms with van der Waals surface area (Å²) in [7, 11) is 0. The summed E-state index contributed by atoms with van der Waals surface area (Å²) in [6.45, 7) is 6.18. The van der Waals surface area contributed by atoms with Crippen molar-refractivity contribution in [2.75, 3.05) is 0 Å². The van der Waals surface area contributed by atoms with Crippen LogP contribution in [-0.2, 0) is 6.54 Å². The average Bonchev–Trinajstić information content (AvgIpc) is 3.18. The molecule has 0 bridgehead atoms. The van der Waals surface area contributed by atoms with E-state index in [-0.39, 0.29) is 5.78 Å². The molecule has 0 atom stereocenters. The zero-order valence-corrected chi connectivity index (χ0v) is 15.1. The number of ketones is 1. The van der Waals surface area contributed by atoms with Crippen LogP contribution in [0.3, 0.4) is 0 Å². The molecule has 1 aromatic carbocycles. The molecule has 0 saturated carbocycles. The summed E-state index contributed by atoms with van der Waals surface area (Å²) in [6, 6.07) is 11.4. The molecule has 3 aromatic rings. The fourth-order valence-electron chi connectivity index (χ4n) is 3.02. The van der Waals surface area contributed by atoms with Crippen molar-refractivity contribution in [3.8, 4) is 11.8 Å². The first kappa shape index (κ1) is 17.4. The third-order valence-electron chi connectivity index (χ3n) is 4.42. The average molecular weight is 344 g/mol. The minimum atomic E-state index is 0.0370. The highest BCUT2D eigenvalue weighted by molar-refractivity contribution is 5.96. The zero-order chi connectivity index (χ0) is 18.7. The molecule has 0 unspecified atom stereocenters. The quantitative estimate of drug-likeness (QED) is 0.655. The molecule has 2 heterocycles. The molecular formula is C21H20N4O. The molecule has 0 aliphatic rings. The molecule has 0 fully saturated rings. The monoisotopic (exact) mass is 344 g/mol. The molecule has 0 spiro atoms. The van der Waals surface area contributed by atoms with E-state index < -0.39 is 0 Å². The van der Waals surface area contributed by atoms with E-state index in [0.717, 1.165) is 22.9 Å². The van der Waals surface area contributed by atoms with E-state index in [1.807, 2.05) is 59.5 Å². The van der Waals surface area contributed by atoms with E-state index in [9.17, 15) is 4.79 Å². The molecule has 0 N–H and O–H groups in total. The first-order chi connectivity index (χ1) is 12.5. The number of nitrogens with zero attached hydrogens (tertiary/aromatic N) is 4. The Bertz CT molecular complexity index is 1010. The summed E-state index contributed by atoms with van der Waals surface area (Å²) in [6.07, 6.45) is 7.77. The van der Waals surface area contributed by atoms with Crippen LogP contribution in [-0.4, -0.2) is 19.9 Å². The van der Waals surface area contributed by atoms with Crippen molar-refractivity contribution in [1.29, 1.82) is 5.26 Å². The maximum Gasteiger partial charge on any atom is 0.161 e. The Morgan fingerprint density at radius 2 is 2.00 bits per heavy atom. The third kappa shape index (κ3) is 3.35. The first-order valence-electron chi connectivity index (χ1n) is 8.39. The number of Topliss-reactive ketones (excluding diaryl/α,β-unsaturated/α-hetero) is 1. The molecule has 3 rings (SSSR count). The second-order valence-electron chi connectivity index (χ2n) is 6.15. The molecule has 0 aliphatic heterocycles. The standard InChI is InChI=1S/C21H20N4O/c1-15-21(16(2)26)13-20(5-4-11-24-12-10-23-17(24)3)25(15)19-8-6-18(14-22)7-9-19/h4-10,12-13H,11H2,1-3H3. The molecule has 0 saturated heterocycles. The van der Waals surface area contributed by atoms with Gasteiger partial charge in [-0.25, -0.2) is 4.98 Å². The van der Waals surface area contributed by atoms with Gasteiger partial charge in [-0.2, -0.15) is 5.26 Å². The molecule has 0 amide bonds. The first-order valence-corrected chi connectivity index (χ1v) is 8.39. The number of benzene rings is 1. The van der Waals surface area contributed by atoms with Crippen LogP contribution in [0.15, 0.2) is 48.8 Å². The Labute approximate surface area is 152 Å². The zero-order valence-electron chi connectivity index (χ0n) is 15.1. The molecule has 0 radical (unpaired) electrons. The van der Waals surface area contributed by atoms with Gasteiger partial charge in [0.05, 0.1) is 11.6 Å². The highest BCUT2D eigenvalue weighted by atomic mass is 16.1. The topological polar surface area (TPSA) is 63.6 Å². The van der Waals surface area contributed by atoms with E-state index in [1.165, 1.54) is 0 Å². The Morgan fingerprint density at radius 3 is 2.58 bits per heavy atom. The SMILES string of the molecule is CC(=O)c1cc(C=CCn2ccnc2C)n(-c2ccc(C#N)cc2)c1C. The van der Waals surface area contributed by atoms with Crippen molar-refractivity contribution in [3.05, 3.63) is 77.1 Å². The molecule has 130 valence electrons. The van der Waals surface area contributed by atoms with Crippen molar-refractivity contribution < 1.29 is 4.79 Å². The largest absolute Gasteiger partial charge is 0.331 e. The van der Waals surface area contributed by atoms with Crippen LogP contribution in [0, 0.1) is 25.2 Å². The fraction of sp³-hybridized carbons (Fsp3) is 0.190. The van der Waals surface area contributed by atoms with E-state index in [2.05, 4.69) is 11.1 Å². The maximum absolute atomic E-state index is 12.0. The second kappa shape index (κ2) is 7.24. The van der Waals surface area contributed by atoms with Crippen LogP contribution >= 0.6 is 0 Å². The van der Waals surface area contributed by atoms with Crippen molar-refractivity contribution in [1.82, 2.24) is 14.1 Å². The number of rotatable bonds is 5. The predicted octanol–water partition coefficient (Wildman–Crippen LogP) is 4.08. The van der Waals surface area contributed by atoms with Gasteiger partial charge in [-0.3, -0.25) is 4.79 Å². The number of carbonyl (C=O) groups excluding carboxylic acids is 1. The number of imidazole rings is 1. The molecule has 2 aromatic heterocycles. The number of aryl methyl sites for hydroxylation is 1. The minimum Gasteiger partial charge on any atom is -0.331 e. The van der Waals surface area contributed by atoms with Crippen LogP contribution in [0.4, 0.5) is 0 Å². The minimum absolute atomic E-state index is 0.0370. The Morgan fingerprint density at radius 1 is 1.27 bits per heavy atom. The highest BCUT2D eigenvalue weighted by Crippen LogP contribution is 2.23. The normalized spacial score (nSPS) is 11.0. The number of aromatic nitrogens is 3. The molecule has 26 heavy (non-hydrogen) atoms. The molecule has 5 nitrogen and oxygen atoms in total. The van der Waals surface area contributed by atoms with Gasteiger partial charge in [0, 0.05) is 41.6 Å². The van der Waals surface area contributed by atoms with Crippen LogP contribution < -0.4 is 0 Å². The fourth-order valence-corrected chi connectivity index (χ4v) is 3.02. The summed E-state index contributed by atoms with van der Waals surface area (Å²) in [4.78, 5) is 16.2. The van der Waals surface area contributed by atoms with Crippen molar-refractivity contribution in [2.24, 2.45) is 0 Å². The Hall–Kier alpha value is -3.39. The number of allylic oxidation sites excluding steroid dienone is 1. The summed E-state index contributed by atoms with van der Waals surface area (Å²) < 4.78 is 4.08. The predicted molar refractivity (Wildman–Crippen MR) is 101 cm³/mol. The third-order valence-corrected chi connectivity index (χ3v) is 4.42. The Balaban J connectivity index is 2.00. The van der Waals surface area contributed by atoms with Gasteiger partial charge in [-0.05, 0) is 57.2 Å². The van der Waals surface area contributed by atoms with Gasteiger partial charge in [0.2, 0.25) is 0 Å². The lowest BCUT2D eigenvalue weighted by Crippen LogP contribution is -2.01. The second-order valence-corrected chi connectivity index (χ2v) is 6.15. The number of hydrogen-bond acceptors (Lipinski definition) is 3. The van der Waals surface area contributed by atoms with E-state index in [0.29, 0.717) is 17.7 Å². The van der Waals surface area contributed by atoms with Gasteiger partial charge in [-0.1, -0.05) is 6.08 Å². The molecule has 5 heteroatoms. The summed E-state index contributed by atoms with van der Waals surface area (Å²) in [5.41, 5.74) is 4.05.